The van der Waals surface area contributed by atoms with Crippen molar-refractivity contribution in [3.05, 3.63) is 53.7 Å². The number of nitrogens with zero attached hydrogens (tertiary/aromatic N) is 1. The second-order valence-corrected chi connectivity index (χ2v) is 7.97. The zero-order valence-corrected chi connectivity index (χ0v) is 18.2. The van der Waals surface area contributed by atoms with Crippen molar-refractivity contribution in [3.63, 3.8) is 0 Å². The molecule has 11 heteroatoms. The highest BCUT2D eigenvalue weighted by molar-refractivity contribution is 7.92. The molecule has 3 aromatic rings. The van der Waals surface area contributed by atoms with E-state index in [1.165, 1.54) is 33.5 Å². The molecule has 0 saturated carbocycles. The fourth-order valence-electron chi connectivity index (χ4n) is 2.93. The number of H-pyrrole nitrogens is 1. The third kappa shape index (κ3) is 4.56. The summed E-state index contributed by atoms with van der Waals surface area (Å²) in [5.74, 6) is 0.353. The van der Waals surface area contributed by atoms with Crippen molar-refractivity contribution in [1.29, 1.82) is 0 Å². The number of hydrogen-bond donors (Lipinski definition) is 3. The number of benzene rings is 2. The first kappa shape index (κ1) is 22.0. The monoisotopic (exact) mass is 446 g/mol. The summed E-state index contributed by atoms with van der Waals surface area (Å²) in [6.45, 7) is 1.55. The lowest BCUT2D eigenvalue weighted by Gasteiger charge is -2.15. The van der Waals surface area contributed by atoms with E-state index in [1.807, 2.05) is 0 Å². The largest absolute Gasteiger partial charge is 0.493 e. The second-order valence-electron chi connectivity index (χ2n) is 6.37. The maximum absolute atomic E-state index is 13.0. The van der Waals surface area contributed by atoms with Crippen LogP contribution in [-0.4, -0.2) is 45.9 Å². The normalized spacial score (nSPS) is 11.0. The summed E-state index contributed by atoms with van der Waals surface area (Å²) in [5.41, 5.74) is 0.842. The van der Waals surface area contributed by atoms with Crippen molar-refractivity contribution >= 4 is 27.3 Å². The summed E-state index contributed by atoms with van der Waals surface area (Å²) in [6.07, 6.45) is 0. The third-order valence-corrected chi connectivity index (χ3v) is 5.65. The number of rotatable bonds is 8. The number of carbonyl (C=O) groups excluding carboxylic acids is 1. The average molecular weight is 446 g/mol. The Balaban J connectivity index is 1.95. The number of carbonyl (C=O) groups is 1. The van der Waals surface area contributed by atoms with Crippen LogP contribution in [0.5, 0.6) is 17.2 Å². The van der Waals surface area contributed by atoms with Crippen molar-refractivity contribution in [2.24, 2.45) is 0 Å². The number of hydrogen-bond acceptors (Lipinski definition) is 7. The Labute approximate surface area is 179 Å². The van der Waals surface area contributed by atoms with Crippen molar-refractivity contribution < 1.29 is 27.4 Å². The Morgan fingerprint density at radius 3 is 2.13 bits per heavy atom. The van der Waals surface area contributed by atoms with Crippen LogP contribution < -0.4 is 24.2 Å². The summed E-state index contributed by atoms with van der Waals surface area (Å²) >= 11 is 0. The maximum atomic E-state index is 13.0. The standard InChI is InChI=1S/C20H22N4O6S/c1-12-17(20(23-22-12)31(26,27)24-13-8-6-5-7-9-13)19(25)21-14-10-15(28-2)18(30-4)16(11-14)29-3/h5-11,24H,1-4H3,(H,21,25)(H,22,23). The van der Waals surface area contributed by atoms with Gasteiger partial charge in [0, 0.05) is 29.2 Å². The van der Waals surface area contributed by atoms with Gasteiger partial charge in [0.25, 0.3) is 15.9 Å². The van der Waals surface area contributed by atoms with E-state index in [2.05, 4.69) is 20.2 Å². The van der Waals surface area contributed by atoms with Gasteiger partial charge in [-0.3, -0.25) is 14.6 Å². The number of anilines is 2. The van der Waals surface area contributed by atoms with Crippen molar-refractivity contribution in [3.8, 4) is 17.2 Å². The van der Waals surface area contributed by atoms with E-state index in [0.717, 1.165) is 0 Å². The molecular weight excluding hydrogens is 424 g/mol. The van der Waals surface area contributed by atoms with Crippen LogP contribution in [-0.2, 0) is 10.0 Å². The number of aryl methyl sites for hydroxylation is 1. The molecule has 0 spiro atoms. The van der Waals surface area contributed by atoms with Gasteiger partial charge in [-0.2, -0.15) is 13.5 Å². The summed E-state index contributed by atoms with van der Waals surface area (Å²) in [7, 11) is 0.238. The van der Waals surface area contributed by atoms with E-state index in [4.69, 9.17) is 14.2 Å². The zero-order chi connectivity index (χ0) is 22.6. The number of nitrogens with one attached hydrogen (secondary N) is 3. The van der Waals surface area contributed by atoms with E-state index < -0.39 is 21.0 Å². The van der Waals surface area contributed by atoms with Gasteiger partial charge in [0.05, 0.1) is 21.3 Å². The van der Waals surface area contributed by atoms with Gasteiger partial charge in [-0.05, 0) is 19.1 Å². The summed E-state index contributed by atoms with van der Waals surface area (Å²) in [4.78, 5) is 13.0. The quantitative estimate of drug-likeness (QED) is 0.485. The van der Waals surface area contributed by atoms with Gasteiger partial charge in [0.15, 0.2) is 11.5 Å². The van der Waals surface area contributed by atoms with Crippen LogP contribution >= 0.6 is 0 Å². The van der Waals surface area contributed by atoms with Crippen molar-refractivity contribution in [2.45, 2.75) is 11.9 Å². The number of amides is 1. The minimum Gasteiger partial charge on any atom is -0.493 e. The summed E-state index contributed by atoms with van der Waals surface area (Å²) < 4.78 is 43.9. The van der Waals surface area contributed by atoms with Crippen LogP contribution in [0.25, 0.3) is 0 Å². The van der Waals surface area contributed by atoms with Gasteiger partial charge in [0.2, 0.25) is 10.8 Å². The fourth-order valence-corrected chi connectivity index (χ4v) is 4.15. The Hall–Kier alpha value is -3.73. The molecule has 0 aliphatic rings. The van der Waals surface area contributed by atoms with Crippen LogP contribution in [0, 0.1) is 6.92 Å². The van der Waals surface area contributed by atoms with Crippen LogP contribution in [0.4, 0.5) is 11.4 Å². The van der Waals surface area contributed by atoms with Crippen molar-refractivity contribution in [2.75, 3.05) is 31.4 Å². The molecule has 0 aliphatic heterocycles. The molecule has 0 fully saturated rings. The lowest BCUT2D eigenvalue weighted by atomic mass is 10.2. The van der Waals surface area contributed by atoms with E-state index in [1.54, 1.807) is 37.3 Å². The van der Waals surface area contributed by atoms with Crippen LogP contribution in [0.15, 0.2) is 47.5 Å². The topological polar surface area (TPSA) is 132 Å². The maximum Gasteiger partial charge on any atom is 0.282 e. The number of sulfonamides is 1. The molecule has 10 nitrogen and oxygen atoms in total. The average Bonchev–Trinajstić information content (AvgIpc) is 3.16. The summed E-state index contributed by atoms with van der Waals surface area (Å²) in [6, 6.07) is 11.4. The number of aromatic nitrogens is 2. The molecular formula is C20H22N4O6S. The van der Waals surface area contributed by atoms with Gasteiger partial charge in [-0.15, -0.1) is 0 Å². The highest BCUT2D eigenvalue weighted by Gasteiger charge is 2.29. The molecule has 0 radical (unpaired) electrons. The first-order valence-electron chi connectivity index (χ1n) is 9.05. The van der Waals surface area contributed by atoms with Crippen molar-refractivity contribution in [1.82, 2.24) is 10.2 Å². The van der Waals surface area contributed by atoms with Gasteiger partial charge in [-0.1, -0.05) is 18.2 Å². The number of methoxy groups -OCH3 is 3. The van der Waals surface area contributed by atoms with E-state index in [0.29, 0.717) is 34.3 Å². The molecule has 31 heavy (non-hydrogen) atoms. The number of ether oxygens (including phenoxy) is 3. The molecule has 3 N–H and O–H groups in total. The van der Waals surface area contributed by atoms with Crippen LogP contribution in [0.2, 0.25) is 0 Å². The predicted octanol–water partition coefficient (Wildman–Crippen LogP) is 2.80. The Morgan fingerprint density at radius 2 is 1.58 bits per heavy atom. The molecule has 0 aliphatic carbocycles. The molecule has 0 saturated heterocycles. The highest BCUT2D eigenvalue weighted by Crippen LogP contribution is 2.40. The van der Waals surface area contributed by atoms with Gasteiger partial charge in [0.1, 0.15) is 5.56 Å². The smallest absolute Gasteiger partial charge is 0.282 e. The molecule has 3 rings (SSSR count). The molecule has 1 aromatic heterocycles. The molecule has 1 heterocycles. The van der Waals surface area contributed by atoms with E-state index >= 15 is 0 Å². The first-order chi connectivity index (χ1) is 14.8. The molecule has 0 unspecified atom stereocenters. The van der Waals surface area contributed by atoms with Gasteiger partial charge in [-0.25, -0.2) is 0 Å². The number of aromatic amines is 1. The Bertz CT molecular complexity index is 1170. The lowest BCUT2D eigenvalue weighted by molar-refractivity contribution is 0.102. The van der Waals surface area contributed by atoms with E-state index in [9.17, 15) is 13.2 Å². The zero-order valence-electron chi connectivity index (χ0n) is 17.3. The third-order valence-electron chi connectivity index (χ3n) is 4.34. The Kier molecular flexibility index (Phi) is 6.35. The fraction of sp³-hybridized carbons (Fsp3) is 0.200. The minimum atomic E-state index is -4.12. The first-order valence-corrected chi connectivity index (χ1v) is 10.5. The van der Waals surface area contributed by atoms with Gasteiger partial charge >= 0.3 is 0 Å². The van der Waals surface area contributed by atoms with E-state index in [-0.39, 0.29) is 5.56 Å². The predicted molar refractivity (Wildman–Crippen MR) is 115 cm³/mol. The minimum absolute atomic E-state index is 0.114. The number of para-hydroxylation sites is 1. The molecule has 0 bridgehead atoms. The molecule has 164 valence electrons. The SMILES string of the molecule is COc1cc(NC(=O)c2c(S(=O)(=O)Nc3ccccc3)n[nH]c2C)cc(OC)c1OC. The van der Waals surface area contributed by atoms with Gasteiger partial charge < -0.3 is 19.5 Å². The van der Waals surface area contributed by atoms with Crippen LogP contribution in [0.1, 0.15) is 16.1 Å². The molecule has 2 aromatic carbocycles. The molecule has 0 atom stereocenters. The second kappa shape index (κ2) is 8.96. The lowest BCUT2D eigenvalue weighted by Crippen LogP contribution is -2.20. The molecule has 1 amide bonds. The van der Waals surface area contributed by atoms with Crippen LogP contribution in [0.3, 0.4) is 0 Å². The Morgan fingerprint density at radius 1 is 0.968 bits per heavy atom. The summed E-state index contributed by atoms with van der Waals surface area (Å²) in [5, 5.41) is 8.63. The highest BCUT2D eigenvalue weighted by atomic mass is 32.2.